The molecule has 0 aliphatic rings. The van der Waals surface area contributed by atoms with Crippen LogP contribution in [-0.2, 0) is 0 Å². The van der Waals surface area contributed by atoms with E-state index in [-0.39, 0.29) is 5.78 Å². The molecule has 0 saturated carbocycles. The Hall–Kier alpha value is -2.36. The highest BCUT2D eigenvalue weighted by molar-refractivity contribution is 5.92. The van der Waals surface area contributed by atoms with Crippen molar-refractivity contribution in [2.75, 3.05) is 12.8 Å². The molecule has 2 N–H and O–H groups in total. The van der Waals surface area contributed by atoms with E-state index < -0.39 is 0 Å². The second-order valence-corrected chi connectivity index (χ2v) is 7.92. The molecule has 0 aliphatic carbocycles. The lowest BCUT2D eigenvalue weighted by Gasteiger charge is -2.10. The van der Waals surface area contributed by atoms with Crippen LogP contribution in [0.3, 0.4) is 0 Å². The van der Waals surface area contributed by atoms with Gasteiger partial charge < -0.3 is 10.5 Å². The highest BCUT2D eigenvalue weighted by atomic mass is 16.5. The molecule has 1 aromatic heterocycles. The number of hydrogen-bond donors (Lipinski definition) is 1. The molecule has 0 fully saturated rings. The zero-order chi connectivity index (χ0) is 21.0. The number of methoxy groups -OCH3 is 1. The molecular formula is C23H36N2O2. The van der Waals surface area contributed by atoms with Gasteiger partial charge in [0, 0.05) is 24.2 Å². The number of ketones is 1. The van der Waals surface area contributed by atoms with Gasteiger partial charge in [-0.1, -0.05) is 72.6 Å². The number of ether oxygens (including phenoxy) is 1. The smallest absolute Gasteiger partial charge is 0.178 e. The predicted molar refractivity (Wildman–Crippen MR) is 116 cm³/mol. The standard InChI is InChI=1S/C14H14N2O2.C5H12.C4H10/c1-9(17)13-7-6-10(8-16-13)11-4-3-5-12(15)14(11)18-2;1-5(2,3)4;1-3-4-2/h3-8H,15H2,1-2H3;1-4H3;3-4H2,1-2H3. The predicted octanol–water partition coefficient (Wildman–Crippen LogP) is 6.40. The topological polar surface area (TPSA) is 65.2 Å². The van der Waals surface area contributed by atoms with Crippen molar-refractivity contribution in [1.82, 2.24) is 4.98 Å². The molecule has 0 atom stereocenters. The van der Waals surface area contributed by atoms with Crippen LogP contribution in [0, 0.1) is 5.41 Å². The molecule has 0 spiro atoms. The van der Waals surface area contributed by atoms with Crippen LogP contribution in [0.5, 0.6) is 5.75 Å². The van der Waals surface area contributed by atoms with E-state index >= 15 is 0 Å². The third-order valence-corrected chi connectivity index (χ3v) is 3.18. The Morgan fingerprint density at radius 2 is 1.63 bits per heavy atom. The van der Waals surface area contributed by atoms with Crippen molar-refractivity contribution in [3.05, 3.63) is 42.2 Å². The second kappa shape index (κ2) is 12.1. The molecule has 0 radical (unpaired) electrons. The maximum atomic E-state index is 11.2. The van der Waals surface area contributed by atoms with Crippen molar-refractivity contribution >= 4 is 11.5 Å². The number of aromatic nitrogens is 1. The van der Waals surface area contributed by atoms with E-state index in [0.29, 0.717) is 22.5 Å². The van der Waals surface area contributed by atoms with Crippen molar-refractivity contribution in [2.45, 2.75) is 61.3 Å². The molecule has 2 rings (SSSR count). The van der Waals surface area contributed by atoms with Crippen LogP contribution in [0.4, 0.5) is 5.69 Å². The van der Waals surface area contributed by atoms with E-state index in [0.717, 1.165) is 11.1 Å². The van der Waals surface area contributed by atoms with Crippen molar-refractivity contribution in [1.29, 1.82) is 0 Å². The summed E-state index contributed by atoms with van der Waals surface area (Å²) in [5.74, 6) is 0.566. The van der Waals surface area contributed by atoms with Gasteiger partial charge in [0.05, 0.1) is 12.8 Å². The van der Waals surface area contributed by atoms with Gasteiger partial charge in [-0.25, -0.2) is 0 Å². The fourth-order valence-electron chi connectivity index (χ4n) is 1.77. The van der Waals surface area contributed by atoms with Crippen LogP contribution >= 0.6 is 0 Å². The van der Waals surface area contributed by atoms with Gasteiger partial charge in [0.25, 0.3) is 0 Å². The van der Waals surface area contributed by atoms with E-state index in [1.165, 1.54) is 19.8 Å². The molecule has 1 aromatic carbocycles. The maximum Gasteiger partial charge on any atom is 0.178 e. The van der Waals surface area contributed by atoms with Gasteiger partial charge in [-0.3, -0.25) is 9.78 Å². The number of nitrogens with zero attached hydrogens (tertiary/aromatic N) is 1. The average Bonchev–Trinajstić information content (AvgIpc) is 2.60. The number of carbonyl (C=O) groups is 1. The van der Waals surface area contributed by atoms with Gasteiger partial charge in [-0.15, -0.1) is 0 Å². The van der Waals surface area contributed by atoms with Crippen molar-refractivity contribution < 1.29 is 9.53 Å². The monoisotopic (exact) mass is 372 g/mol. The SMILES string of the molecule is CC(C)(C)C.CCCC.COc1c(N)cccc1-c1ccc(C(C)=O)nc1. The Balaban J connectivity index is 0.000000630. The largest absolute Gasteiger partial charge is 0.494 e. The molecule has 0 unspecified atom stereocenters. The van der Waals surface area contributed by atoms with Gasteiger partial charge in [0.1, 0.15) is 11.4 Å². The zero-order valence-corrected chi connectivity index (χ0v) is 18.2. The lowest BCUT2D eigenvalue weighted by Crippen LogP contribution is -1.97. The van der Waals surface area contributed by atoms with Gasteiger partial charge in [0.2, 0.25) is 0 Å². The molecule has 0 aliphatic heterocycles. The number of benzene rings is 1. The Morgan fingerprint density at radius 3 is 2.00 bits per heavy atom. The van der Waals surface area contributed by atoms with Crippen molar-refractivity contribution in [2.24, 2.45) is 5.41 Å². The van der Waals surface area contributed by atoms with E-state index in [1.54, 1.807) is 25.4 Å². The number of para-hydroxylation sites is 1. The summed E-state index contributed by atoms with van der Waals surface area (Å²) in [7, 11) is 1.58. The van der Waals surface area contributed by atoms with Crippen molar-refractivity contribution in [3.8, 4) is 16.9 Å². The van der Waals surface area contributed by atoms with Crippen LogP contribution in [-0.4, -0.2) is 17.9 Å². The molecule has 0 saturated heterocycles. The minimum Gasteiger partial charge on any atom is -0.494 e. The summed E-state index contributed by atoms with van der Waals surface area (Å²) >= 11 is 0. The third-order valence-electron chi connectivity index (χ3n) is 3.18. The van der Waals surface area contributed by atoms with Crippen LogP contribution in [0.15, 0.2) is 36.5 Å². The van der Waals surface area contributed by atoms with Gasteiger partial charge in [-0.2, -0.15) is 0 Å². The Kier molecular flexibility index (Phi) is 11.0. The number of unbranched alkanes of at least 4 members (excludes halogenated alkanes) is 1. The number of hydrogen-bond acceptors (Lipinski definition) is 4. The Labute approximate surface area is 165 Å². The summed E-state index contributed by atoms with van der Waals surface area (Å²) in [6.07, 6.45) is 4.29. The molecule has 2 aromatic rings. The fraction of sp³-hybridized carbons (Fsp3) is 0.478. The number of nitrogens with two attached hydrogens (primary N) is 1. The number of anilines is 1. The van der Waals surface area contributed by atoms with Gasteiger partial charge in [0.15, 0.2) is 5.78 Å². The van der Waals surface area contributed by atoms with Gasteiger partial charge in [-0.05, 0) is 17.5 Å². The maximum absolute atomic E-state index is 11.2. The quantitative estimate of drug-likeness (QED) is 0.498. The first-order valence-corrected chi connectivity index (χ1v) is 9.44. The normalized spacial score (nSPS) is 10.1. The second-order valence-electron chi connectivity index (χ2n) is 7.92. The number of pyridine rings is 1. The number of Topliss-reactive ketones (excluding diaryl/α,β-unsaturated/α-hetero) is 1. The summed E-state index contributed by atoms with van der Waals surface area (Å²) < 4.78 is 5.29. The van der Waals surface area contributed by atoms with E-state index in [2.05, 4.69) is 46.5 Å². The van der Waals surface area contributed by atoms with Gasteiger partial charge >= 0.3 is 0 Å². The highest BCUT2D eigenvalue weighted by Crippen LogP contribution is 2.34. The van der Waals surface area contributed by atoms with E-state index in [9.17, 15) is 4.79 Å². The Bertz CT molecular complexity index is 679. The molecule has 4 heteroatoms. The van der Waals surface area contributed by atoms with Crippen LogP contribution < -0.4 is 10.5 Å². The number of rotatable bonds is 4. The zero-order valence-electron chi connectivity index (χ0n) is 18.2. The lowest BCUT2D eigenvalue weighted by molar-refractivity contribution is 0.101. The first-order chi connectivity index (χ1) is 12.5. The first kappa shape index (κ1) is 24.6. The molecule has 27 heavy (non-hydrogen) atoms. The minimum absolute atomic E-state index is 0.0545. The van der Waals surface area contributed by atoms with Crippen molar-refractivity contribution in [3.63, 3.8) is 0 Å². The van der Waals surface area contributed by atoms with E-state index in [4.69, 9.17) is 10.5 Å². The first-order valence-electron chi connectivity index (χ1n) is 9.44. The Morgan fingerprint density at radius 1 is 1.07 bits per heavy atom. The minimum atomic E-state index is -0.0545. The van der Waals surface area contributed by atoms with Crippen LogP contribution in [0.25, 0.3) is 11.1 Å². The summed E-state index contributed by atoms with van der Waals surface area (Å²) in [6.45, 7) is 14.6. The summed E-state index contributed by atoms with van der Waals surface area (Å²) in [4.78, 5) is 15.3. The molecule has 4 nitrogen and oxygen atoms in total. The average molecular weight is 373 g/mol. The number of nitrogen functional groups attached to an aromatic ring is 1. The molecule has 1 heterocycles. The summed E-state index contributed by atoms with van der Waals surface area (Å²) in [6, 6.07) is 9.06. The third kappa shape index (κ3) is 10.4. The molecule has 0 bridgehead atoms. The van der Waals surface area contributed by atoms with Crippen LogP contribution in [0.2, 0.25) is 0 Å². The highest BCUT2D eigenvalue weighted by Gasteiger charge is 2.09. The lowest BCUT2D eigenvalue weighted by atomic mass is 10.0. The number of carbonyl (C=O) groups excluding carboxylic acids is 1. The fourth-order valence-corrected chi connectivity index (χ4v) is 1.77. The molecule has 150 valence electrons. The van der Waals surface area contributed by atoms with E-state index in [1.807, 2.05) is 18.2 Å². The molecule has 0 amide bonds. The summed E-state index contributed by atoms with van der Waals surface area (Å²) in [5, 5.41) is 0. The summed E-state index contributed by atoms with van der Waals surface area (Å²) in [5.41, 5.74) is 9.09. The molecular weight excluding hydrogens is 336 g/mol. The van der Waals surface area contributed by atoms with Crippen LogP contribution in [0.1, 0.15) is 71.8 Å².